The van der Waals surface area contributed by atoms with E-state index < -0.39 is 10.0 Å². The molecule has 0 aliphatic rings. The molecular weight excluding hydrogens is 343 g/mol. The lowest BCUT2D eigenvalue weighted by Crippen LogP contribution is -2.18. The summed E-state index contributed by atoms with van der Waals surface area (Å²) < 4.78 is 24.3. The van der Waals surface area contributed by atoms with Crippen LogP contribution in [0, 0.1) is 13.8 Å². The first-order valence-corrected chi connectivity index (χ1v) is 8.61. The van der Waals surface area contributed by atoms with Crippen molar-refractivity contribution in [1.82, 2.24) is 4.83 Å². The van der Waals surface area contributed by atoms with Crippen molar-refractivity contribution in [3.8, 4) is 0 Å². The third-order valence-electron chi connectivity index (χ3n) is 3.15. The molecule has 0 unspecified atom stereocenters. The molecule has 0 aliphatic carbocycles. The van der Waals surface area contributed by atoms with Crippen molar-refractivity contribution < 1.29 is 8.42 Å². The van der Waals surface area contributed by atoms with E-state index in [2.05, 4.69) is 9.93 Å². The molecule has 22 heavy (non-hydrogen) atoms. The Bertz CT molecular complexity index is 813. The molecule has 2 aromatic carbocycles. The molecule has 0 radical (unpaired) electrons. The highest BCUT2D eigenvalue weighted by Gasteiger charge is 2.13. The second kappa shape index (κ2) is 6.69. The van der Waals surface area contributed by atoms with Gasteiger partial charge < -0.3 is 0 Å². The number of benzene rings is 2. The minimum absolute atomic E-state index is 0.151. The molecule has 0 aromatic heterocycles. The zero-order valence-corrected chi connectivity index (χ0v) is 14.3. The summed E-state index contributed by atoms with van der Waals surface area (Å²) in [6.45, 7) is 3.76. The zero-order chi connectivity index (χ0) is 16.3. The fourth-order valence-corrected chi connectivity index (χ4v) is 3.10. The molecule has 0 spiro atoms. The normalized spacial score (nSPS) is 11.8. The van der Waals surface area contributed by atoms with Crippen LogP contribution in [-0.2, 0) is 10.0 Å². The SMILES string of the molecule is Cc1ccc(S(=O)(=O)N/N=C/c2c(Cl)cccc2Cl)cc1C. The highest BCUT2D eigenvalue weighted by molar-refractivity contribution is 7.89. The van der Waals surface area contributed by atoms with E-state index in [-0.39, 0.29) is 4.90 Å². The molecule has 0 heterocycles. The summed E-state index contributed by atoms with van der Waals surface area (Å²) >= 11 is 12.0. The maximum Gasteiger partial charge on any atom is 0.276 e. The minimum Gasteiger partial charge on any atom is -0.200 e. The van der Waals surface area contributed by atoms with Gasteiger partial charge in [0.1, 0.15) is 0 Å². The number of nitrogens with one attached hydrogen (secondary N) is 1. The predicted octanol–water partition coefficient (Wildman–Crippen LogP) is 3.92. The molecule has 0 amide bonds. The summed E-state index contributed by atoms with van der Waals surface area (Å²) in [4.78, 5) is 2.30. The molecule has 0 atom stereocenters. The van der Waals surface area contributed by atoms with Crippen LogP contribution < -0.4 is 4.83 Å². The highest BCUT2D eigenvalue weighted by Crippen LogP contribution is 2.22. The van der Waals surface area contributed by atoms with Crippen molar-refractivity contribution >= 4 is 39.4 Å². The Morgan fingerprint density at radius 2 is 1.68 bits per heavy atom. The molecule has 2 aromatic rings. The zero-order valence-electron chi connectivity index (χ0n) is 12.0. The average Bonchev–Trinajstić information content (AvgIpc) is 2.45. The molecule has 0 aliphatic heterocycles. The van der Waals surface area contributed by atoms with Crippen molar-refractivity contribution in [1.29, 1.82) is 0 Å². The van der Waals surface area contributed by atoms with E-state index in [0.29, 0.717) is 15.6 Å². The Kier molecular flexibility index (Phi) is 5.11. The monoisotopic (exact) mass is 356 g/mol. The summed E-state index contributed by atoms with van der Waals surface area (Å²) in [5, 5.41) is 4.51. The number of sulfonamides is 1. The number of aryl methyl sites for hydroxylation is 2. The van der Waals surface area contributed by atoms with Crippen molar-refractivity contribution in [2.45, 2.75) is 18.7 Å². The number of hydrogen-bond donors (Lipinski definition) is 1. The molecule has 0 bridgehead atoms. The summed E-state index contributed by atoms with van der Waals surface area (Å²) in [7, 11) is -3.73. The molecule has 2 rings (SSSR count). The molecule has 0 saturated carbocycles. The first kappa shape index (κ1) is 16.8. The van der Waals surface area contributed by atoms with E-state index in [4.69, 9.17) is 23.2 Å². The van der Waals surface area contributed by atoms with Crippen LogP contribution in [0.4, 0.5) is 0 Å². The van der Waals surface area contributed by atoms with Gasteiger partial charge in [0.25, 0.3) is 10.0 Å². The van der Waals surface area contributed by atoms with Crippen LogP contribution in [-0.4, -0.2) is 14.6 Å². The van der Waals surface area contributed by atoms with Crippen LogP contribution in [0.15, 0.2) is 46.4 Å². The van der Waals surface area contributed by atoms with E-state index in [1.165, 1.54) is 12.3 Å². The van der Waals surface area contributed by atoms with E-state index in [1.54, 1.807) is 30.3 Å². The Morgan fingerprint density at radius 1 is 1.05 bits per heavy atom. The highest BCUT2D eigenvalue weighted by atomic mass is 35.5. The van der Waals surface area contributed by atoms with Crippen LogP contribution in [0.1, 0.15) is 16.7 Å². The first-order valence-electron chi connectivity index (χ1n) is 6.37. The van der Waals surface area contributed by atoms with Crippen LogP contribution in [0.2, 0.25) is 10.0 Å². The van der Waals surface area contributed by atoms with Gasteiger partial charge in [-0.3, -0.25) is 0 Å². The summed E-state index contributed by atoms with van der Waals surface area (Å²) in [6.07, 6.45) is 1.28. The fraction of sp³-hybridized carbons (Fsp3) is 0.133. The third kappa shape index (κ3) is 3.80. The average molecular weight is 357 g/mol. The van der Waals surface area contributed by atoms with Gasteiger partial charge in [-0.2, -0.15) is 13.5 Å². The lowest BCUT2D eigenvalue weighted by atomic mass is 10.1. The van der Waals surface area contributed by atoms with E-state index in [1.807, 2.05) is 13.8 Å². The predicted molar refractivity (Wildman–Crippen MR) is 90.3 cm³/mol. The second-order valence-electron chi connectivity index (χ2n) is 4.73. The Hall–Kier alpha value is -1.56. The Balaban J connectivity index is 2.23. The number of hydrogen-bond acceptors (Lipinski definition) is 3. The maximum absolute atomic E-state index is 12.2. The quantitative estimate of drug-likeness (QED) is 0.666. The molecule has 116 valence electrons. The largest absolute Gasteiger partial charge is 0.276 e. The van der Waals surface area contributed by atoms with Crippen LogP contribution in [0.3, 0.4) is 0 Å². The van der Waals surface area contributed by atoms with Crippen LogP contribution in [0.5, 0.6) is 0 Å². The van der Waals surface area contributed by atoms with Crippen molar-refractivity contribution in [3.63, 3.8) is 0 Å². The van der Waals surface area contributed by atoms with Gasteiger partial charge in [0.2, 0.25) is 0 Å². The Labute approximate surface area is 139 Å². The first-order chi connectivity index (χ1) is 10.3. The summed E-state index contributed by atoms with van der Waals surface area (Å²) in [6, 6.07) is 9.86. The molecule has 1 N–H and O–H groups in total. The smallest absolute Gasteiger partial charge is 0.200 e. The van der Waals surface area contributed by atoms with Gasteiger partial charge in [0.15, 0.2) is 0 Å². The second-order valence-corrected chi connectivity index (χ2v) is 7.21. The number of rotatable bonds is 4. The lowest BCUT2D eigenvalue weighted by molar-refractivity contribution is 0.584. The van der Waals surface area contributed by atoms with Gasteiger partial charge >= 0.3 is 0 Å². The molecule has 4 nitrogen and oxygen atoms in total. The summed E-state index contributed by atoms with van der Waals surface area (Å²) in [5.41, 5.74) is 2.36. The van der Waals surface area contributed by atoms with Crippen LogP contribution >= 0.6 is 23.2 Å². The third-order valence-corrected chi connectivity index (χ3v) is 5.03. The van der Waals surface area contributed by atoms with E-state index in [0.717, 1.165) is 11.1 Å². The minimum atomic E-state index is -3.73. The molecule has 7 heteroatoms. The number of halogens is 2. The topological polar surface area (TPSA) is 58.5 Å². The van der Waals surface area contributed by atoms with Gasteiger partial charge in [0, 0.05) is 5.56 Å². The summed E-state index contributed by atoms with van der Waals surface area (Å²) in [5.74, 6) is 0. The van der Waals surface area contributed by atoms with Gasteiger partial charge in [0.05, 0.1) is 21.2 Å². The lowest BCUT2D eigenvalue weighted by Gasteiger charge is -2.06. The Morgan fingerprint density at radius 3 is 2.27 bits per heavy atom. The van der Waals surface area contributed by atoms with Crippen molar-refractivity contribution in [2.24, 2.45) is 5.10 Å². The number of hydrazone groups is 1. The van der Waals surface area contributed by atoms with Crippen molar-refractivity contribution in [2.75, 3.05) is 0 Å². The maximum atomic E-state index is 12.2. The standard InChI is InChI=1S/C15H14Cl2N2O2S/c1-10-6-7-12(8-11(10)2)22(20,21)19-18-9-13-14(16)4-3-5-15(13)17/h3-9,19H,1-2H3/b18-9+. The van der Waals surface area contributed by atoms with Gasteiger partial charge in [-0.25, -0.2) is 4.83 Å². The molecular formula is C15H14Cl2N2O2S. The fourth-order valence-electron chi connectivity index (χ4n) is 1.73. The van der Waals surface area contributed by atoms with Gasteiger partial charge in [-0.05, 0) is 49.2 Å². The van der Waals surface area contributed by atoms with Crippen LogP contribution in [0.25, 0.3) is 0 Å². The molecule has 0 fully saturated rings. The van der Waals surface area contributed by atoms with Gasteiger partial charge in [-0.1, -0.05) is 35.3 Å². The van der Waals surface area contributed by atoms with E-state index in [9.17, 15) is 8.42 Å². The van der Waals surface area contributed by atoms with Gasteiger partial charge in [-0.15, -0.1) is 0 Å². The molecule has 0 saturated heterocycles. The van der Waals surface area contributed by atoms with Crippen molar-refractivity contribution in [3.05, 3.63) is 63.1 Å². The number of nitrogens with zero attached hydrogens (tertiary/aromatic N) is 1. The van der Waals surface area contributed by atoms with E-state index >= 15 is 0 Å².